The number of aromatic nitrogens is 2. The van der Waals surface area contributed by atoms with Crippen LogP contribution in [0.25, 0.3) is 11.0 Å². The molecule has 1 aromatic carbocycles. The van der Waals surface area contributed by atoms with Crippen LogP contribution in [0.1, 0.15) is 5.82 Å². The number of hydrogen-bond donors (Lipinski definition) is 2. The normalized spacial score (nSPS) is 11.0. The van der Waals surface area contributed by atoms with E-state index in [-0.39, 0.29) is 12.1 Å². The molecule has 68 valence electrons. The standard InChI is InChI=1S/C8H7F2N3/c9-4-1-2-5-8(7(4)10)13-6(3-11)12-5/h1-2H,3,11H2,(H,12,13). The lowest BCUT2D eigenvalue weighted by Crippen LogP contribution is -1.97. The molecule has 0 aliphatic carbocycles. The molecule has 0 aliphatic heterocycles. The van der Waals surface area contributed by atoms with Crippen molar-refractivity contribution in [2.45, 2.75) is 6.54 Å². The minimum absolute atomic E-state index is 0.000417. The molecule has 1 heterocycles. The van der Waals surface area contributed by atoms with Gasteiger partial charge >= 0.3 is 0 Å². The van der Waals surface area contributed by atoms with Crippen molar-refractivity contribution in [2.75, 3.05) is 0 Å². The van der Waals surface area contributed by atoms with Crippen molar-refractivity contribution in [1.29, 1.82) is 0 Å². The number of nitrogens with one attached hydrogen (secondary N) is 1. The van der Waals surface area contributed by atoms with Gasteiger partial charge in [-0.3, -0.25) is 0 Å². The molecule has 0 saturated carbocycles. The zero-order valence-corrected chi connectivity index (χ0v) is 6.64. The quantitative estimate of drug-likeness (QED) is 0.700. The summed E-state index contributed by atoms with van der Waals surface area (Å²) in [7, 11) is 0. The van der Waals surface area contributed by atoms with Crippen LogP contribution in [0, 0.1) is 11.6 Å². The summed E-state index contributed by atoms with van der Waals surface area (Å²) in [6.45, 7) is 0.176. The lowest BCUT2D eigenvalue weighted by Gasteiger charge is -1.91. The third kappa shape index (κ3) is 1.17. The molecule has 1 aromatic heterocycles. The van der Waals surface area contributed by atoms with Gasteiger partial charge in [0.2, 0.25) is 0 Å². The van der Waals surface area contributed by atoms with Gasteiger partial charge < -0.3 is 10.7 Å². The third-order valence-corrected chi connectivity index (χ3v) is 1.79. The largest absolute Gasteiger partial charge is 0.341 e. The third-order valence-electron chi connectivity index (χ3n) is 1.79. The summed E-state index contributed by atoms with van der Waals surface area (Å²) >= 11 is 0. The Morgan fingerprint density at radius 3 is 2.85 bits per heavy atom. The predicted molar refractivity (Wildman–Crippen MR) is 43.9 cm³/mol. The molecule has 5 heteroatoms. The first-order valence-electron chi connectivity index (χ1n) is 3.75. The molecule has 2 aromatic rings. The van der Waals surface area contributed by atoms with Gasteiger partial charge in [0.1, 0.15) is 11.3 Å². The van der Waals surface area contributed by atoms with Gasteiger partial charge in [-0.25, -0.2) is 13.8 Å². The highest BCUT2D eigenvalue weighted by Crippen LogP contribution is 2.17. The first kappa shape index (κ1) is 8.12. The Morgan fingerprint density at radius 1 is 1.38 bits per heavy atom. The average molecular weight is 183 g/mol. The van der Waals surface area contributed by atoms with Crippen LogP contribution in [0.15, 0.2) is 12.1 Å². The van der Waals surface area contributed by atoms with Crippen molar-refractivity contribution in [3.63, 3.8) is 0 Å². The topological polar surface area (TPSA) is 54.7 Å². The van der Waals surface area contributed by atoms with E-state index in [0.29, 0.717) is 11.3 Å². The van der Waals surface area contributed by atoms with E-state index in [1.165, 1.54) is 6.07 Å². The van der Waals surface area contributed by atoms with Crippen LogP contribution >= 0.6 is 0 Å². The zero-order chi connectivity index (χ0) is 9.42. The lowest BCUT2D eigenvalue weighted by molar-refractivity contribution is 0.515. The number of rotatable bonds is 1. The minimum Gasteiger partial charge on any atom is -0.341 e. The van der Waals surface area contributed by atoms with Crippen molar-refractivity contribution >= 4 is 11.0 Å². The Labute approximate surface area is 72.6 Å². The molecular formula is C8H7F2N3. The van der Waals surface area contributed by atoms with E-state index in [1.54, 1.807) is 0 Å². The first-order chi connectivity index (χ1) is 6.22. The van der Waals surface area contributed by atoms with E-state index in [4.69, 9.17) is 5.73 Å². The first-order valence-corrected chi connectivity index (χ1v) is 3.75. The van der Waals surface area contributed by atoms with E-state index >= 15 is 0 Å². The molecule has 0 amide bonds. The van der Waals surface area contributed by atoms with Crippen LogP contribution in [-0.2, 0) is 6.54 Å². The van der Waals surface area contributed by atoms with Gasteiger partial charge in [0, 0.05) is 0 Å². The van der Waals surface area contributed by atoms with Gasteiger partial charge in [0.25, 0.3) is 0 Å². The number of hydrogen-bond acceptors (Lipinski definition) is 2. The highest BCUT2D eigenvalue weighted by molar-refractivity contribution is 5.75. The SMILES string of the molecule is NCc1nc2c(F)c(F)ccc2[nH]1. The highest BCUT2D eigenvalue weighted by atomic mass is 19.2. The summed E-state index contributed by atoms with van der Waals surface area (Å²) in [5, 5.41) is 0. The zero-order valence-electron chi connectivity index (χ0n) is 6.64. The molecule has 0 atom stereocenters. The van der Waals surface area contributed by atoms with Gasteiger partial charge in [0.05, 0.1) is 12.1 Å². The van der Waals surface area contributed by atoms with Gasteiger partial charge in [-0.05, 0) is 12.1 Å². The minimum atomic E-state index is -0.937. The molecule has 0 aliphatic rings. The smallest absolute Gasteiger partial charge is 0.186 e. The summed E-state index contributed by atoms with van der Waals surface area (Å²) in [6.07, 6.45) is 0. The molecule has 0 radical (unpaired) electrons. The monoisotopic (exact) mass is 183 g/mol. The Bertz CT molecular complexity index is 450. The maximum Gasteiger partial charge on any atom is 0.186 e. The Balaban J connectivity index is 2.76. The number of fused-ring (bicyclic) bond motifs is 1. The molecule has 2 rings (SSSR count). The van der Waals surface area contributed by atoms with Gasteiger partial charge in [-0.1, -0.05) is 0 Å². The lowest BCUT2D eigenvalue weighted by atomic mass is 10.3. The van der Waals surface area contributed by atoms with E-state index in [9.17, 15) is 8.78 Å². The summed E-state index contributed by atoms with van der Waals surface area (Å²) in [5.74, 6) is -1.39. The van der Waals surface area contributed by atoms with Crippen molar-refractivity contribution in [3.8, 4) is 0 Å². The van der Waals surface area contributed by atoms with Gasteiger partial charge in [-0.15, -0.1) is 0 Å². The van der Waals surface area contributed by atoms with E-state index in [2.05, 4.69) is 9.97 Å². The Kier molecular flexibility index (Phi) is 1.73. The molecule has 0 spiro atoms. The molecule has 3 nitrogen and oxygen atoms in total. The molecule has 0 unspecified atom stereocenters. The number of imidazole rings is 1. The number of nitrogens with zero attached hydrogens (tertiary/aromatic N) is 1. The molecule has 0 saturated heterocycles. The maximum absolute atomic E-state index is 13.0. The fourth-order valence-corrected chi connectivity index (χ4v) is 1.17. The van der Waals surface area contributed by atoms with Gasteiger partial charge in [0.15, 0.2) is 11.6 Å². The molecule has 13 heavy (non-hydrogen) atoms. The second-order valence-corrected chi connectivity index (χ2v) is 2.65. The summed E-state index contributed by atoms with van der Waals surface area (Å²) in [5.41, 5.74) is 5.75. The second kappa shape index (κ2) is 2.77. The van der Waals surface area contributed by atoms with Crippen LogP contribution in [-0.4, -0.2) is 9.97 Å². The van der Waals surface area contributed by atoms with Crippen LogP contribution in [0.4, 0.5) is 8.78 Å². The average Bonchev–Trinajstić information content (AvgIpc) is 2.55. The number of benzene rings is 1. The van der Waals surface area contributed by atoms with Crippen LogP contribution in [0.3, 0.4) is 0 Å². The van der Waals surface area contributed by atoms with Crippen molar-refractivity contribution < 1.29 is 8.78 Å². The highest BCUT2D eigenvalue weighted by Gasteiger charge is 2.10. The maximum atomic E-state index is 13.0. The van der Waals surface area contributed by atoms with E-state index in [0.717, 1.165) is 6.07 Å². The summed E-state index contributed by atoms with van der Waals surface area (Å²) in [4.78, 5) is 6.57. The Hall–Kier alpha value is -1.49. The molecule has 0 fully saturated rings. The van der Waals surface area contributed by atoms with Gasteiger partial charge in [-0.2, -0.15) is 0 Å². The molecule has 0 bridgehead atoms. The molecule has 3 N–H and O–H groups in total. The van der Waals surface area contributed by atoms with E-state index < -0.39 is 11.6 Å². The summed E-state index contributed by atoms with van der Waals surface area (Å²) in [6, 6.07) is 2.48. The summed E-state index contributed by atoms with van der Waals surface area (Å²) < 4.78 is 25.8. The Morgan fingerprint density at radius 2 is 2.15 bits per heavy atom. The number of halogens is 2. The van der Waals surface area contributed by atoms with Crippen molar-refractivity contribution in [3.05, 3.63) is 29.6 Å². The number of aromatic amines is 1. The van der Waals surface area contributed by atoms with Crippen LogP contribution < -0.4 is 5.73 Å². The molecular weight excluding hydrogens is 176 g/mol. The van der Waals surface area contributed by atoms with Crippen LogP contribution in [0.2, 0.25) is 0 Å². The number of nitrogens with two attached hydrogens (primary N) is 1. The van der Waals surface area contributed by atoms with Crippen molar-refractivity contribution in [1.82, 2.24) is 9.97 Å². The fraction of sp³-hybridized carbons (Fsp3) is 0.125. The van der Waals surface area contributed by atoms with Crippen LogP contribution in [0.5, 0.6) is 0 Å². The van der Waals surface area contributed by atoms with E-state index in [1.807, 2.05) is 0 Å². The predicted octanol–water partition coefficient (Wildman–Crippen LogP) is 1.30. The fourth-order valence-electron chi connectivity index (χ4n) is 1.17. The number of H-pyrrole nitrogens is 1. The van der Waals surface area contributed by atoms with Crippen molar-refractivity contribution in [2.24, 2.45) is 5.73 Å². The second-order valence-electron chi connectivity index (χ2n) is 2.65.